The molecule has 2 fully saturated rings. The lowest BCUT2D eigenvalue weighted by molar-refractivity contribution is -0.384. The van der Waals surface area contributed by atoms with Crippen molar-refractivity contribution in [3.63, 3.8) is 0 Å². The maximum atomic E-state index is 14.9. The van der Waals surface area contributed by atoms with E-state index < -0.39 is 34.2 Å². The smallest absolute Gasteiger partial charge is 0.269 e. The van der Waals surface area contributed by atoms with E-state index in [0.717, 1.165) is 30.8 Å². The van der Waals surface area contributed by atoms with E-state index >= 15 is 0 Å². The minimum absolute atomic E-state index is 0.145. The Morgan fingerprint density at radius 3 is 2.24 bits per heavy atom. The zero-order valence-corrected chi connectivity index (χ0v) is 25.4. The van der Waals surface area contributed by atoms with Crippen LogP contribution in [-0.2, 0) is 10.3 Å². The first-order valence-electron chi connectivity index (χ1n) is 15.9. The highest BCUT2D eigenvalue weighted by atomic mass is 16.6. The number of amides is 1. The Hall–Kier alpha value is -4.86. The van der Waals surface area contributed by atoms with Crippen molar-refractivity contribution in [2.45, 2.75) is 36.8 Å². The molecule has 46 heavy (non-hydrogen) atoms. The molecule has 0 aliphatic carbocycles. The van der Waals surface area contributed by atoms with Crippen molar-refractivity contribution in [3.05, 3.63) is 135 Å². The van der Waals surface area contributed by atoms with Crippen molar-refractivity contribution in [1.82, 2.24) is 10.2 Å². The van der Waals surface area contributed by atoms with E-state index in [2.05, 4.69) is 15.5 Å². The molecule has 2 N–H and O–H groups in total. The number of hydrogen-bond acceptors (Lipinski definition) is 7. The summed E-state index contributed by atoms with van der Waals surface area (Å²) in [6, 6.07) is 30.5. The van der Waals surface area contributed by atoms with Gasteiger partial charge < -0.3 is 10.1 Å². The van der Waals surface area contributed by atoms with Gasteiger partial charge in [0.25, 0.3) is 5.69 Å². The van der Waals surface area contributed by atoms with E-state index in [1.54, 1.807) is 30.3 Å². The normalized spacial score (nSPS) is 24.0. The molecule has 3 heterocycles. The maximum Gasteiger partial charge on any atom is 0.269 e. The quantitative estimate of drug-likeness (QED) is 0.130. The second-order valence-corrected chi connectivity index (χ2v) is 12.3. The number of carbonyl (C=O) groups excluding carboxylic acids is 2. The molecule has 4 aromatic carbocycles. The summed E-state index contributed by atoms with van der Waals surface area (Å²) in [5.41, 5.74) is 1.41. The molecule has 9 nitrogen and oxygen atoms in total. The number of benzene rings is 4. The minimum Gasteiger partial charge on any atom is -0.492 e. The van der Waals surface area contributed by atoms with E-state index in [4.69, 9.17) is 4.74 Å². The van der Waals surface area contributed by atoms with Crippen molar-refractivity contribution in [3.8, 4) is 5.75 Å². The van der Waals surface area contributed by atoms with Crippen LogP contribution in [0.1, 0.15) is 58.3 Å². The monoisotopic (exact) mass is 616 g/mol. The number of nitrogens with one attached hydrogen (secondary N) is 2. The summed E-state index contributed by atoms with van der Waals surface area (Å²) < 4.78 is 6.03. The molecule has 4 atom stereocenters. The molecule has 0 saturated carbocycles. The predicted molar refractivity (Wildman–Crippen MR) is 175 cm³/mol. The highest BCUT2D eigenvalue weighted by Gasteiger charge is 2.64. The third-order valence-corrected chi connectivity index (χ3v) is 9.70. The molecule has 9 heteroatoms. The molecular weight excluding hydrogens is 580 g/mol. The molecule has 0 bridgehead atoms. The molecule has 3 aliphatic rings. The average molecular weight is 617 g/mol. The van der Waals surface area contributed by atoms with Crippen LogP contribution in [-0.4, -0.2) is 47.8 Å². The van der Waals surface area contributed by atoms with Gasteiger partial charge in [-0.15, -0.1) is 0 Å². The topological polar surface area (TPSA) is 114 Å². The number of Topliss-reactive ketones (excluding diaryl/α,β-unsaturated/α-hetero) is 1. The van der Waals surface area contributed by atoms with Gasteiger partial charge in [-0.05, 0) is 67.4 Å². The van der Waals surface area contributed by atoms with Gasteiger partial charge in [0.1, 0.15) is 17.9 Å². The molecule has 3 aliphatic heterocycles. The molecule has 2 unspecified atom stereocenters. The van der Waals surface area contributed by atoms with Gasteiger partial charge >= 0.3 is 0 Å². The maximum absolute atomic E-state index is 14.9. The Labute approximate surface area is 267 Å². The lowest BCUT2D eigenvalue weighted by atomic mass is 9.69. The van der Waals surface area contributed by atoms with Crippen LogP contribution in [0.2, 0.25) is 0 Å². The number of anilines is 1. The summed E-state index contributed by atoms with van der Waals surface area (Å²) in [6.45, 7) is 3.62. The first kappa shape index (κ1) is 29.8. The molecule has 2 saturated heterocycles. The summed E-state index contributed by atoms with van der Waals surface area (Å²) in [5, 5.41) is 18.4. The second kappa shape index (κ2) is 12.5. The van der Waals surface area contributed by atoms with Gasteiger partial charge in [-0.2, -0.15) is 0 Å². The van der Waals surface area contributed by atoms with Crippen LogP contribution in [0.15, 0.2) is 103 Å². The van der Waals surface area contributed by atoms with Crippen LogP contribution in [0.5, 0.6) is 5.75 Å². The highest BCUT2D eigenvalue weighted by molar-refractivity contribution is 6.12. The summed E-state index contributed by atoms with van der Waals surface area (Å²) in [7, 11) is 0. The van der Waals surface area contributed by atoms with Crippen LogP contribution < -0.4 is 15.4 Å². The Kier molecular flexibility index (Phi) is 8.11. The number of nitrogens with zero attached hydrogens (tertiary/aromatic N) is 2. The van der Waals surface area contributed by atoms with Gasteiger partial charge in [-0.1, -0.05) is 67.1 Å². The predicted octanol–water partition coefficient (Wildman–Crippen LogP) is 6.23. The Morgan fingerprint density at radius 1 is 0.891 bits per heavy atom. The summed E-state index contributed by atoms with van der Waals surface area (Å²) in [6.07, 6.45) is 3.73. The highest BCUT2D eigenvalue weighted by Crippen LogP contribution is 2.58. The largest absolute Gasteiger partial charge is 0.492 e. The van der Waals surface area contributed by atoms with Crippen molar-refractivity contribution in [2.75, 3.05) is 31.6 Å². The third kappa shape index (κ3) is 5.35. The zero-order chi connectivity index (χ0) is 31.7. The van der Waals surface area contributed by atoms with Crippen LogP contribution >= 0.6 is 0 Å². The molecular formula is C37H36N4O5. The second-order valence-electron chi connectivity index (χ2n) is 12.3. The fraction of sp³-hybridized carbons (Fsp3) is 0.297. The number of likely N-dealkylation sites (tertiary alicyclic amines) is 1. The number of rotatable bonds is 9. The fourth-order valence-electron chi connectivity index (χ4n) is 7.50. The van der Waals surface area contributed by atoms with Crippen molar-refractivity contribution in [2.24, 2.45) is 5.92 Å². The Balaban J connectivity index is 1.29. The first-order chi connectivity index (χ1) is 22.5. The van der Waals surface area contributed by atoms with Gasteiger partial charge in [-0.25, -0.2) is 0 Å². The number of fused-ring (bicyclic) bond motifs is 2. The standard InChI is InChI=1S/C37H36N4O5/c42-35(27-14-17-29(18-15-27)46-23-22-40-20-8-3-9-21-40)33-32(25-10-4-1-5-11-25)34(26-12-6-2-7-13-26)39-37(33)30-24-28(41(44)45)16-19-31(30)38-36(37)43/h1-2,4-7,10-19,24,32-34,39H,3,8-9,20-23H2,(H,38,43)/t32-,33?,34+,37?/m0/s1. The molecule has 1 amide bonds. The Morgan fingerprint density at radius 2 is 1.57 bits per heavy atom. The van der Waals surface area contributed by atoms with E-state index in [9.17, 15) is 19.7 Å². The van der Waals surface area contributed by atoms with E-state index in [0.29, 0.717) is 29.2 Å². The lowest BCUT2D eigenvalue weighted by Crippen LogP contribution is -2.50. The number of piperidine rings is 1. The van der Waals surface area contributed by atoms with Gasteiger partial charge in [0.05, 0.1) is 10.8 Å². The molecule has 0 aromatic heterocycles. The number of carbonyl (C=O) groups is 2. The zero-order valence-electron chi connectivity index (χ0n) is 25.4. The number of hydrogen-bond donors (Lipinski definition) is 2. The van der Waals surface area contributed by atoms with Gasteiger partial charge in [0, 0.05) is 47.5 Å². The van der Waals surface area contributed by atoms with Crippen molar-refractivity contribution in [1.29, 1.82) is 0 Å². The van der Waals surface area contributed by atoms with Gasteiger partial charge in [-0.3, -0.25) is 29.9 Å². The third-order valence-electron chi connectivity index (χ3n) is 9.70. The molecule has 0 radical (unpaired) electrons. The molecule has 234 valence electrons. The lowest BCUT2D eigenvalue weighted by Gasteiger charge is -2.31. The SMILES string of the molecule is O=C(c1ccc(OCCN2CCCCC2)cc1)C1[C@H](c2ccccc2)[C@@H](c2ccccc2)NC12C(=O)Nc1ccc([N+](=O)[O-])cc12. The van der Waals surface area contributed by atoms with Crippen LogP contribution in [0.4, 0.5) is 11.4 Å². The minimum atomic E-state index is -1.55. The molecule has 7 rings (SSSR count). The van der Waals surface area contributed by atoms with Gasteiger partial charge in [0.2, 0.25) is 5.91 Å². The number of nitro benzene ring substituents is 1. The number of ketones is 1. The fourth-order valence-corrected chi connectivity index (χ4v) is 7.50. The van der Waals surface area contributed by atoms with Crippen molar-refractivity contribution < 1.29 is 19.2 Å². The van der Waals surface area contributed by atoms with Crippen molar-refractivity contribution >= 4 is 23.1 Å². The molecule has 4 aromatic rings. The van der Waals surface area contributed by atoms with Crippen LogP contribution in [0.25, 0.3) is 0 Å². The van der Waals surface area contributed by atoms with E-state index in [1.165, 1.54) is 31.4 Å². The number of non-ortho nitro benzene ring substituents is 1. The van der Waals surface area contributed by atoms with E-state index in [-0.39, 0.29) is 11.5 Å². The van der Waals surface area contributed by atoms with Gasteiger partial charge in [0.15, 0.2) is 5.78 Å². The Bertz CT molecular complexity index is 1740. The number of ether oxygens (including phenoxy) is 1. The van der Waals surface area contributed by atoms with Crippen LogP contribution in [0, 0.1) is 16.0 Å². The van der Waals surface area contributed by atoms with E-state index in [1.807, 2.05) is 60.7 Å². The average Bonchev–Trinajstić information content (AvgIpc) is 3.60. The summed E-state index contributed by atoms with van der Waals surface area (Å²) >= 11 is 0. The number of nitro groups is 1. The summed E-state index contributed by atoms with van der Waals surface area (Å²) in [5.74, 6) is -1.34. The summed E-state index contributed by atoms with van der Waals surface area (Å²) in [4.78, 5) is 42.9. The molecule has 1 spiro atoms. The first-order valence-corrected chi connectivity index (χ1v) is 15.9. The van der Waals surface area contributed by atoms with Crippen LogP contribution in [0.3, 0.4) is 0 Å².